The number of ether oxygens (including phenoxy) is 1. The number of hydrogen-bond donors (Lipinski definition) is 1. The normalized spacial score (nSPS) is 12.5. The van der Waals surface area contributed by atoms with Crippen molar-refractivity contribution in [1.82, 2.24) is 4.90 Å². The Morgan fingerprint density at radius 2 is 2.00 bits per heavy atom. The molecule has 0 saturated heterocycles. The Bertz CT molecular complexity index is 394. The molecule has 0 spiro atoms. The molecule has 0 aliphatic rings. The van der Waals surface area contributed by atoms with E-state index in [0.717, 1.165) is 0 Å². The minimum absolute atomic E-state index is 0.245. The van der Waals surface area contributed by atoms with Gasteiger partial charge in [-0.3, -0.25) is 4.79 Å². The number of carbonyl (C=O) groups is 1. The number of methoxy groups -OCH3 is 1. The van der Waals surface area contributed by atoms with Crippen molar-refractivity contribution < 1.29 is 19.0 Å². The number of benzene rings is 1. The van der Waals surface area contributed by atoms with Gasteiger partial charge in [0.25, 0.3) is 0 Å². The van der Waals surface area contributed by atoms with Crippen LogP contribution in [0.1, 0.15) is 24.5 Å². The smallest absolute Gasteiger partial charge is 0.306 e. The Balaban J connectivity index is 2.31. The maximum Gasteiger partial charge on any atom is 0.306 e. The SMILES string of the molecule is COC(=O)CCN(C)CCC(O)c1ccc(F)cc1. The Morgan fingerprint density at radius 3 is 2.58 bits per heavy atom. The van der Waals surface area contributed by atoms with Gasteiger partial charge in [-0.2, -0.15) is 0 Å². The number of carbonyl (C=O) groups excluding carboxylic acids is 1. The van der Waals surface area contributed by atoms with Crippen LogP contribution in [0.25, 0.3) is 0 Å². The first-order valence-electron chi connectivity index (χ1n) is 6.22. The van der Waals surface area contributed by atoms with Gasteiger partial charge in [0.2, 0.25) is 0 Å². The Morgan fingerprint density at radius 1 is 1.37 bits per heavy atom. The minimum atomic E-state index is -0.624. The highest BCUT2D eigenvalue weighted by Crippen LogP contribution is 2.17. The molecule has 1 aromatic rings. The number of aliphatic hydroxyl groups excluding tert-OH is 1. The van der Waals surface area contributed by atoms with Crippen molar-refractivity contribution >= 4 is 5.97 Å². The lowest BCUT2D eigenvalue weighted by atomic mass is 10.1. The molecule has 1 atom stereocenters. The van der Waals surface area contributed by atoms with Gasteiger partial charge in [0.1, 0.15) is 5.82 Å². The van der Waals surface area contributed by atoms with E-state index in [1.54, 1.807) is 12.1 Å². The second kappa shape index (κ2) is 7.86. The summed E-state index contributed by atoms with van der Waals surface area (Å²) in [4.78, 5) is 12.9. The van der Waals surface area contributed by atoms with E-state index in [2.05, 4.69) is 4.74 Å². The monoisotopic (exact) mass is 269 g/mol. The van der Waals surface area contributed by atoms with Crippen molar-refractivity contribution in [1.29, 1.82) is 0 Å². The summed E-state index contributed by atoms with van der Waals surface area (Å²) in [6, 6.07) is 5.82. The highest BCUT2D eigenvalue weighted by atomic mass is 19.1. The van der Waals surface area contributed by atoms with Crippen molar-refractivity contribution in [2.24, 2.45) is 0 Å². The molecule has 1 unspecified atom stereocenters. The molecule has 1 rings (SSSR count). The van der Waals surface area contributed by atoms with Crippen molar-refractivity contribution in [2.45, 2.75) is 18.9 Å². The molecule has 0 aromatic heterocycles. The van der Waals surface area contributed by atoms with E-state index in [1.165, 1.54) is 19.2 Å². The molecule has 0 aliphatic carbocycles. The van der Waals surface area contributed by atoms with Crippen LogP contribution in [0.2, 0.25) is 0 Å². The van der Waals surface area contributed by atoms with Gasteiger partial charge in [-0.25, -0.2) is 4.39 Å². The summed E-state index contributed by atoms with van der Waals surface area (Å²) in [7, 11) is 3.24. The first kappa shape index (κ1) is 15.6. The van der Waals surface area contributed by atoms with Crippen LogP contribution in [-0.4, -0.2) is 43.2 Å². The molecular weight excluding hydrogens is 249 g/mol. The van der Waals surface area contributed by atoms with Gasteiger partial charge in [-0.05, 0) is 31.2 Å². The van der Waals surface area contributed by atoms with Crippen molar-refractivity contribution in [3.05, 3.63) is 35.6 Å². The molecule has 0 amide bonds. The lowest BCUT2D eigenvalue weighted by molar-refractivity contribution is -0.140. The van der Waals surface area contributed by atoms with Crippen LogP contribution in [-0.2, 0) is 9.53 Å². The summed E-state index contributed by atoms with van der Waals surface area (Å²) in [5.41, 5.74) is 0.697. The molecular formula is C14H20FNO3. The number of hydrogen-bond acceptors (Lipinski definition) is 4. The second-order valence-electron chi connectivity index (χ2n) is 4.49. The standard InChI is InChI=1S/C14H20FNO3/c1-16(10-8-14(18)19-2)9-7-13(17)11-3-5-12(15)6-4-11/h3-6,13,17H,7-10H2,1-2H3. The Kier molecular flexibility index (Phi) is 6.45. The van der Waals surface area contributed by atoms with Crippen LogP contribution >= 0.6 is 0 Å². The fourth-order valence-electron chi connectivity index (χ4n) is 1.69. The molecule has 1 aromatic carbocycles. The van der Waals surface area contributed by atoms with E-state index < -0.39 is 6.10 Å². The summed E-state index contributed by atoms with van der Waals surface area (Å²) in [5.74, 6) is -0.558. The summed E-state index contributed by atoms with van der Waals surface area (Å²) in [5, 5.41) is 9.94. The van der Waals surface area contributed by atoms with Gasteiger partial charge >= 0.3 is 5.97 Å². The van der Waals surface area contributed by atoms with Gasteiger partial charge in [0.05, 0.1) is 19.6 Å². The van der Waals surface area contributed by atoms with Crippen LogP contribution < -0.4 is 0 Å². The van der Waals surface area contributed by atoms with E-state index in [-0.39, 0.29) is 11.8 Å². The predicted molar refractivity (Wildman–Crippen MR) is 70.1 cm³/mol. The zero-order valence-corrected chi connectivity index (χ0v) is 11.3. The molecule has 0 aliphatic heterocycles. The maximum atomic E-state index is 12.7. The van der Waals surface area contributed by atoms with Gasteiger partial charge in [0, 0.05) is 13.1 Å². The number of aliphatic hydroxyl groups is 1. The predicted octanol–water partition coefficient (Wildman–Crippen LogP) is 1.74. The molecule has 0 fully saturated rings. The molecule has 4 nitrogen and oxygen atoms in total. The van der Waals surface area contributed by atoms with E-state index >= 15 is 0 Å². The first-order chi connectivity index (χ1) is 9.02. The second-order valence-corrected chi connectivity index (χ2v) is 4.49. The zero-order chi connectivity index (χ0) is 14.3. The van der Waals surface area contributed by atoms with Gasteiger partial charge in [-0.1, -0.05) is 12.1 Å². The van der Waals surface area contributed by atoms with E-state index in [9.17, 15) is 14.3 Å². The minimum Gasteiger partial charge on any atom is -0.469 e. The van der Waals surface area contributed by atoms with E-state index in [4.69, 9.17) is 0 Å². The topological polar surface area (TPSA) is 49.8 Å². The Labute approximate surface area is 112 Å². The van der Waals surface area contributed by atoms with Crippen molar-refractivity contribution in [3.8, 4) is 0 Å². The quantitative estimate of drug-likeness (QED) is 0.766. The average Bonchev–Trinajstić information content (AvgIpc) is 2.42. The molecule has 0 bridgehead atoms. The highest BCUT2D eigenvalue weighted by molar-refractivity contribution is 5.69. The van der Waals surface area contributed by atoms with Crippen LogP contribution in [0.4, 0.5) is 4.39 Å². The maximum absolute atomic E-state index is 12.7. The van der Waals surface area contributed by atoms with E-state index in [1.807, 2.05) is 11.9 Å². The summed E-state index contributed by atoms with van der Waals surface area (Å²) < 4.78 is 17.3. The third-order valence-corrected chi connectivity index (χ3v) is 2.96. The van der Waals surface area contributed by atoms with Crippen LogP contribution in [0.15, 0.2) is 24.3 Å². The summed E-state index contributed by atoms with van der Waals surface area (Å²) in [6.45, 7) is 1.23. The Hall–Kier alpha value is -1.46. The van der Waals surface area contributed by atoms with E-state index in [0.29, 0.717) is 31.5 Å². The third kappa shape index (κ3) is 5.81. The lowest BCUT2D eigenvalue weighted by Crippen LogP contribution is -2.24. The van der Waals surface area contributed by atoms with Crippen molar-refractivity contribution in [3.63, 3.8) is 0 Å². The fraction of sp³-hybridized carbons (Fsp3) is 0.500. The molecule has 0 heterocycles. The molecule has 19 heavy (non-hydrogen) atoms. The van der Waals surface area contributed by atoms with Gasteiger partial charge in [-0.15, -0.1) is 0 Å². The van der Waals surface area contributed by atoms with Crippen LogP contribution in [0.5, 0.6) is 0 Å². The number of nitrogens with zero attached hydrogens (tertiary/aromatic N) is 1. The largest absolute Gasteiger partial charge is 0.469 e. The summed E-state index contributed by atoms with van der Waals surface area (Å²) >= 11 is 0. The molecule has 5 heteroatoms. The first-order valence-corrected chi connectivity index (χ1v) is 6.22. The van der Waals surface area contributed by atoms with Gasteiger partial charge < -0.3 is 14.7 Å². The zero-order valence-electron chi connectivity index (χ0n) is 11.3. The van der Waals surface area contributed by atoms with Crippen molar-refractivity contribution in [2.75, 3.05) is 27.2 Å². The molecule has 0 radical (unpaired) electrons. The number of rotatable bonds is 7. The lowest BCUT2D eigenvalue weighted by Gasteiger charge is -2.18. The molecule has 0 saturated carbocycles. The van der Waals surface area contributed by atoms with Crippen LogP contribution in [0.3, 0.4) is 0 Å². The average molecular weight is 269 g/mol. The fourth-order valence-corrected chi connectivity index (χ4v) is 1.69. The van der Waals surface area contributed by atoms with Crippen LogP contribution in [0, 0.1) is 5.82 Å². The third-order valence-electron chi connectivity index (χ3n) is 2.96. The number of esters is 1. The highest BCUT2D eigenvalue weighted by Gasteiger charge is 2.10. The summed E-state index contributed by atoms with van der Waals surface area (Å²) in [6.07, 6.45) is 0.240. The molecule has 106 valence electrons. The number of halogens is 1. The van der Waals surface area contributed by atoms with Gasteiger partial charge in [0.15, 0.2) is 0 Å². The molecule has 1 N–H and O–H groups in total.